The molecule has 1 aliphatic rings. The predicted octanol–water partition coefficient (Wildman–Crippen LogP) is 4.71. The molecule has 1 aliphatic heterocycles. The summed E-state index contributed by atoms with van der Waals surface area (Å²) in [5.41, 5.74) is 1.86. The minimum atomic E-state index is -0.0672. The fourth-order valence-electron chi connectivity index (χ4n) is 2.89. The van der Waals surface area contributed by atoms with Crippen LogP contribution in [0, 0.1) is 0 Å². The van der Waals surface area contributed by atoms with Gasteiger partial charge in [0.2, 0.25) is 0 Å². The summed E-state index contributed by atoms with van der Waals surface area (Å²) in [7, 11) is 0. The second-order valence-electron chi connectivity index (χ2n) is 5.45. The molecule has 1 fully saturated rings. The first-order valence-electron chi connectivity index (χ1n) is 7.36. The van der Waals surface area contributed by atoms with Crippen LogP contribution in [0.5, 0.6) is 0 Å². The highest BCUT2D eigenvalue weighted by Crippen LogP contribution is 2.32. The van der Waals surface area contributed by atoms with Gasteiger partial charge in [0.05, 0.1) is 28.3 Å². The van der Waals surface area contributed by atoms with Crippen LogP contribution in [-0.2, 0) is 4.74 Å². The number of anilines is 1. The van der Waals surface area contributed by atoms with Crippen LogP contribution in [0.2, 0.25) is 10.0 Å². The Kier molecular flexibility index (Phi) is 3.89. The van der Waals surface area contributed by atoms with E-state index in [-0.39, 0.29) is 6.10 Å². The Hall–Kier alpha value is -1.75. The molecule has 4 rings (SSSR count). The fourth-order valence-corrected chi connectivity index (χ4v) is 3.19. The molecule has 0 amide bonds. The number of aromatic nitrogens is 1. The van der Waals surface area contributed by atoms with Crippen molar-refractivity contribution in [2.75, 3.05) is 24.6 Å². The number of halogens is 2. The van der Waals surface area contributed by atoms with E-state index in [0.29, 0.717) is 23.2 Å². The summed E-state index contributed by atoms with van der Waals surface area (Å²) in [6.45, 7) is 2.12. The van der Waals surface area contributed by atoms with Crippen LogP contribution in [0.15, 0.2) is 47.2 Å². The lowest BCUT2D eigenvalue weighted by atomic mass is 10.1. The quantitative estimate of drug-likeness (QED) is 0.672. The number of morpholine rings is 1. The molecule has 1 saturated heterocycles. The van der Waals surface area contributed by atoms with Crippen LogP contribution in [0.25, 0.3) is 11.0 Å². The van der Waals surface area contributed by atoms with Crippen molar-refractivity contribution >= 4 is 40.0 Å². The number of hydrogen-bond donors (Lipinski definition) is 0. The summed E-state index contributed by atoms with van der Waals surface area (Å²) >= 11 is 12.1. The van der Waals surface area contributed by atoms with Gasteiger partial charge in [0.1, 0.15) is 17.5 Å². The largest absolute Gasteiger partial charge is 0.464 e. The lowest BCUT2D eigenvalue weighted by molar-refractivity contribution is 0.0396. The summed E-state index contributed by atoms with van der Waals surface area (Å²) in [5, 5.41) is 2.11. The molecule has 6 heteroatoms. The summed E-state index contributed by atoms with van der Waals surface area (Å²) in [6, 6.07) is 9.44. The molecule has 0 radical (unpaired) electrons. The molecule has 0 N–H and O–H groups in total. The number of pyridine rings is 1. The van der Waals surface area contributed by atoms with E-state index in [1.165, 1.54) is 0 Å². The number of ether oxygens (including phenoxy) is 1. The highest BCUT2D eigenvalue weighted by atomic mass is 35.5. The zero-order valence-corrected chi connectivity index (χ0v) is 13.7. The van der Waals surface area contributed by atoms with Crippen molar-refractivity contribution in [3.8, 4) is 0 Å². The monoisotopic (exact) mass is 348 g/mol. The van der Waals surface area contributed by atoms with E-state index in [1.54, 1.807) is 18.5 Å². The zero-order chi connectivity index (χ0) is 15.8. The van der Waals surface area contributed by atoms with Gasteiger partial charge in [-0.25, -0.2) is 4.98 Å². The van der Waals surface area contributed by atoms with Gasteiger partial charge >= 0.3 is 0 Å². The molecular weight excluding hydrogens is 335 g/mol. The summed E-state index contributed by atoms with van der Waals surface area (Å²) < 4.78 is 11.4. The lowest BCUT2D eigenvalue weighted by Gasteiger charge is -2.34. The van der Waals surface area contributed by atoms with Crippen molar-refractivity contribution in [3.63, 3.8) is 0 Å². The van der Waals surface area contributed by atoms with Gasteiger partial charge in [-0.2, -0.15) is 0 Å². The highest BCUT2D eigenvalue weighted by molar-refractivity contribution is 6.42. The van der Waals surface area contributed by atoms with Crippen molar-refractivity contribution in [2.24, 2.45) is 0 Å². The maximum atomic E-state index is 6.12. The minimum Gasteiger partial charge on any atom is -0.464 e. The first kappa shape index (κ1) is 14.8. The maximum absolute atomic E-state index is 6.12. The van der Waals surface area contributed by atoms with E-state index in [4.69, 9.17) is 32.4 Å². The van der Waals surface area contributed by atoms with Crippen LogP contribution in [-0.4, -0.2) is 24.7 Å². The number of rotatable bonds is 2. The van der Waals surface area contributed by atoms with Crippen LogP contribution in [0.1, 0.15) is 11.7 Å². The Morgan fingerprint density at radius 1 is 1.13 bits per heavy atom. The molecule has 3 heterocycles. The first-order chi connectivity index (χ1) is 11.2. The molecule has 1 aromatic carbocycles. The van der Waals surface area contributed by atoms with Crippen molar-refractivity contribution in [2.45, 2.75) is 6.10 Å². The average Bonchev–Trinajstić information content (AvgIpc) is 3.06. The van der Waals surface area contributed by atoms with Crippen molar-refractivity contribution in [1.82, 2.24) is 4.98 Å². The first-order valence-corrected chi connectivity index (χ1v) is 8.11. The summed E-state index contributed by atoms with van der Waals surface area (Å²) in [6.07, 6.45) is 3.39. The van der Waals surface area contributed by atoms with Crippen LogP contribution < -0.4 is 4.90 Å². The Balaban J connectivity index is 1.64. The highest BCUT2D eigenvalue weighted by Gasteiger charge is 2.25. The SMILES string of the molecule is Clc1ccc([C@@H]2CN(c3nccc4occc34)CCO2)cc1Cl. The van der Waals surface area contributed by atoms with Crippen LogP contribution >= 0.6 is 23.2 Å². The van der Waals surface area contributed by atoms with Crippen molar-refractivity contribution < 1.29 is 9.15 Å². The third-order valence-corrected chi connectivity index (χ3v) is 4.78. The van der Waals surface area contributed by atoms with E-state index >= 15 is 0 Å². The smallest absolute Gasteiger partial charge is 0.139 e. The van der Waals surface area contributed by atoms with Gasteiger partial charge in [-0.05, 0) is 29.8 Å². The van der Waals surface area contributed by atoms with Gasteiger partial charge in [-0.3, -0.25) is 0 Å². The Bertz CT molecular complexity index is 849. The van der Waals surface area contributed by atoms with Gasteiger partial charge in [-0.1, -0.05) is 29.3 Å². The van der Waals surface area contributed by atoms with E-state index in [1.807, 2.05) is 24.3 Å². The van der Waals surface area contributed by atoms with Gasteiger partial charge < -0.3 is 14.1 Å². The molecule has 4 nitrogen and oxygen atoms in total. The molecule has 0 unspecified atom stereocenters. The van der Waals surface area contributed by atoms with Crippen LogP contribution in [0.4, 0.5) is 5.82 Å². The molecule has 0 spiro atoms. The second-order valence-corrected chi connectivity index (χ2v) is 6.26. The molecule has 0 bridgehead atoms. The number of nitrogens with zero attached hydrogens (tertiary/aromatic N) is 2. The Morgan fingerprint density at radius 3 is 2.91 bits per heavy atom. The number of hydrogen-bond acceptors (Lipinski definition) is 4. The summed E-state index contributed by atoms with van der Waals surface area (Å²) in [5.74, 6) is 0.921. The van der Waals surface area contributed by atoms with Gasteiger partial charge in [0.15, 0.2) is 0 Å². The molecule has 0 saturated carbocycles. The molecule has 2 aromatic heterocycles. The van der Waals surface area contributed by atoms with Gasteiger partial charge in [0.25, 0.3) is 0 Å². The topological polar surface area (TPSA) is 38.5 Å². The van der Waals surface area contributed by atoms with Crippen molar-refractivity contribution in [3.05, 3.63) is 58.4 Å². The Labute approximate surface area is 143 Å². The van der Waals surface area contributed by atoms with E-state index in [9.17, 15) is 0 Å². The van der Waals surface area contributed by atoms with Gasteiger partial charge in [0, 0.05) is 19.3 Å². The number of benzene rings is 1. The number of furan rings is 1. The predicted molar refractivity (Wildman–Crippen MR) is 91.4 cm³/mol. The van der Waals surface area contributed by atoms with Crippen LogP contribution in [0.3, 0.4) is 0 Å². The molecule has 1 atom stereocenters. The average molecular weight is 349 g/mol. The third kappa shape index (κ3) is 2.78. The summed E-state index contributed by atoms with van der Waals surface area (Å²) in [4.78, 5) is 6.74. The van der Waals surface area contributed by atoms with E-state index in [2.05, 4.69) is 9.88 Å². The molecule has 3 aromatic rings. The molecule has 0 aliphatic carbocycles. The zero-order valence-electron chi connectivity index (χ0n) is 12.2. The fraction of sp³-hybridized carbons (Fsp3) is 0.235. The van der Waals surface area contributed by atoms with E-state index in [0.717, 1.165) is 28.9 Å². The Morgan fingerprint density at radius 2 is 2.04 bits per heavy atom. The molecular formula is C17H14Cl2N2O2. The molecule has 23 heavy (non-hydrogen) atoms. The standard InChI is InChI=1S/C17H14Cl2N2O2/c18-13-2-1-11(9-14(13)19)16-10-21(6-8-23-16)17-12-4-7-22-15(12)3-5-20-17/h1-5,7,9,16H,6,8,10H2/t16-/m0/s1. The minimum absolute atomic E-state index is 0.0672. The second kappa shape index (κ2) is 6.04. The third-order valence-electron chi connectivity index (χ3n) is 4.04. The number of fused-ring (bicyclic) bond motifs is 1. The maximum Gasteiger partial charge on any atom is 0.139 e. The van der Waals surface area contributed by atoms with E-state index < -0.39 is 0 Å². The lowest BCUT2D eigenvalue weighted by Crippen LogP contribution is -2.38. The molecule has 118 valence electrons. The van der Waals surface area contributed by atoms with Crippen molar-refractivity contribution in [1.29, 1.82) is 0 Å². The normalized spacial score (nSPS) is 18.5. The van der Waals surface area contributed by atoms with Gasteiger partial charge in [-0.15, -0.1) is 0 Å².